The van der Waals surface area contributed by atoms with Crippen molar-refractivity contribution in [3.63, 3.8) is 0 Å². The van der Waals surface area contributed by atoms with E-state index in [1.165, 1.54) is 73.5 Å². The lowest BCUT2D eigenvalue weighted by Crippen LogP contribution is -2.29. The summed E-state index contributed by atoms with van der Waals surface area (Å²) in [5.41, 5.74) is 1.07. The Labute approximate surface area is 232 Å². The Balaban J connectivity index is 1.44. The number of halogens is 2. The molecule has 206 valence electrons. The van der Waals surface area contributed by atoms with Crippen LogP contribution in [0.2, 0.25) is 0 Å². The number of Topliss-reactive ketones (excluding diaryl/α,β-unsaturated/α-hetero) is 2. The van der Waals surface area contributed by atoms with E-state index in [0.717, 1.165) is 6.07 Å². The molecule has 10 heteroatoms. The summed E-state index contributed by atoms with van der Waals surface area (Å²) in [5, 5.41) is 0. The third-order valence-corrected chi connectivity index (χ3v) is 6.54. The monoisotopic (exact) mass is 555 g/mol. The van der Waals surface area contributed by atoms with Gasteiger partial charge in [-0.2, -0.15) is 0 Å². The van der Waals surface area contributed by atoms with E-state index in [1.807, 2.05) is 0 Å². The van der Waals surface area contributed by atoms with E-state index >= 15 is 4.39 Å². The van der Waals surface area contributed by atoms with Gasteiger partial charge < -0.3 is 9.47 Å². The summed E-state index contributed by atoms with van der Waals surface area (Å²) in [6.45, 7) is 2.89. The highest BCUT2D eigenvalue weighted by Crippen LogP contribution is 2.31. The van der Waals surface area contributed by atoms with Gasteiger partial charge in [-0.15, -0.1) is 0 Å². The van der Waals surface area contributed by atoms with Gasteiger partial charge in [-0.05, 0) is 61.9 Å². The van der Waals surface area contributed by atoms with Crippen LogP contribution in [0.15, 0.2) is 77.9 Å². The van der Waals surface area contributed by atoms with Crippen LogP contribution < -0.4 is 15.0 Å². The summed E-state index contributed by atoms with van der Waals surface area (Å²) in [5.74, 6) is -1.50. The van der Waals surface area contributed by atoms with E-state index in [4.69, 9.17) is 9.47 Å². The molecule has 0 atom stereocenters. The van der Waals surface area contributed by atoms with E-state index < -0.39 is 23.0 Å². The van der Waals surface area contributed by atoms with Crippen molar-refractivity contribution in [2.24, 2.45) is 0 Å². The van der Waals surface area contributed by atoms with Crippen molar-refractivity contribution in [3.05, 3.63) is 117 Å². The Morgan fingerprint density at radius 2 is 1.68 bits per heavy atom. The maximum Gasteiger partial charge on any atom is 0.266 e. The maximum atomic E-state index is 15.1. The van der Waals surface area contributed by atoms with Gasteiger partial charge in [0.1, 0.15) is 17.1 Å². The molecule has 0 radical (unpaired) electrons. The molecule has 0 N–H and O–H groups in total. The molecule has 0 saturated carbocycles. The molecule has 3 heterocycles. The van der Waals surface area contributed by atoms with Crippen molar-refractivity contribution in [1.82, 2.24) is 14.5 Å². The average Bonchev–Trinajstić information content (AvgIpc) is 2.95. The highest BCUT2D eigenvalue weighted by atomic mass is 19.1. The fourth-order valence-corrected chi connectivity index (χ4v) is 4.48. The number of pyridine rings is 3. The SMILES string of the molecule is COc1cnc2c(Oc3ccc(CC(=O)c4cc(C(C)=O)c(C)n(-c5ccc(F)cc5)c4=O)cc3F)ccnc2c1. The van der Waals surface area contributed by atoms with E-state index in [9.17, 15) is 18.8 Å². The van der Waals surface area contributed by atoms with Crippen molar-refractivity contribution in [3.8, 4) is 22.9 Å². The zero-order valence-corrected chi connectivity index (χ0v) is 22.3. The molecule has 0 aliphatic carbocycles. The molecule has 5 aromatic rings. The summed E-state index contributed by atoms with van der Waals surface area (Å²) in [7, 11) is 1.51. The molecule has 41 heavy (non-hydrogen) atoms. The standard InChI is InChI=1S/C31H23F2N3O5/c1-17-23(18(2)37)15-24(31(39)36(17)21-7-5-20(32)6-8-21)27(38)13-19-4-9-28(25(33)12-19)41-29-10-11-34-26-14-22(40-3)16-35-30(26)29/h4-12,14-16H,13H2,1-3H3. The van der Waals surface area contributed by atoms with E-state index in [2.05, 4.69) is 9.97 Å². The smallest absolute Gasteiger partial charge is 0.266 e. The molecular formula is C31H23F2N3O5. The number of carbonyl (C=O) groups excluding carboxylic acids is 2. The lowest BCUT2D eigenvalue weighted by molar-refractivity contribution is 0.0991. The van der Waals surface area contributed by atoms with Gasteiger partial charge in [0.05, 0.1) is 24.4 Å². The normalized spacial score (nSPS) is 11.0. The summed E-state index contributed by atoms with van der Waals surface area (Å²) < 4.78 is 40.7. The molecule has 0 amide bonds. The third kappa shape index (κ3) is 5.44. The number of rotatable bonds is 8. The number of nitrogens with zero attached hydrogens (tertiary/aromatic N) is 3. The fraction of sp³-hybridized carbons (Fsp3) is 0.129. The fourth-order valence-electron chi connectivity index (χ4n) is 4.48. The number of hydrogen-bond acceptors (Lipinski definition) is 7. The number of hydrogen-bond donors (Lipinski definition) is 0. The Morgan fingerprint density at radius 1 is 0.927 bits per heavy atom. The van der Waals surface area contributed by atoms with E-state index in [1.54, 1.807) is 19.1 Å². The Kier molecular flexibility index (Phi) is 7.39. The Bertz CT molecular complexity index is 1880. The number of carbonyl (C=O) groups is 2. The Morgan fingerprint density at radius 3 is 2.37 bits per heavy atom. The van der Waals surface area contributed by atoms with Gasteiger partial charge in [0.25, 0.3) is 5.56 Å². The Hall–Kier alpha value is -5.25. The van der Waals surface area contributed by atoms with Crippen LogP contribution >= 0.6 is 0 Å². The van der Waals surface area contributed by atoms with Gasteiger partial charge in [0.15, 0.2) is 28.9 Å². The van der Waals surface area contributed by atoms with Crippen LogP contribution in [0.4, 0.5) is 8.78 Å². The van der Waals surface area contributed by atoms with Crippen molar-refractivity contribution < 1.29 is 27.8 Å². The second kappa shape index (κ2) is 11.1. The van der Waals surface area contributed by atoms with Crippen molar-refractivity contribution >= 4 is 22.6 Å². The first-order valence-electron chi connectivity index (χ1n) is 12.5. The number of benzene rings is 2. The van der Waals surface area contributed by atoms with Crippen LogP contribution in [-0.4, -0.2) is 33.2 Å². The highest BCUT2D eigenvalue weighted by Gasteiger charge is 2.21. The average molecular weight is 556 g/mol. The van der Waals surface area contributed by atoms with E-state index in [-0.39, 0.29) is 34.8 Å². The van der Waals surface area contributed by atoms with Crippen LogP contribution in [0.3, 0.4) is 0 Å². The van der Waals surface area contributed by atoms with Crippen LogP contribution in [0, 0.1) is 18.6 Å². The summed E-state index contributed by atoms with van der Waals surface area (Å²) in [4.78, 5) is 47.5. The van der Waals surface area contributed by atoms with Gasteiger partial charge in [-0.25, -0.2) is 13.8 Å². The quantitative estimate of drug-likeness (QED) is 0.223. The van der Waals surface area contributed by atoms with Crippen LogP contribution in [0.5, 0.6) is 17.2 Å². The maximum absolute atomic E-state index is 15.1. The minimum atomic E-state index is -0.731. The number of fused-ring (bicyclic) bond motifs is 1. The lowest BCUT2D eigenvalue weighted by atomic mass is 9.99. The van der Waals surface area contributed by atoms with Crippen molar-refractivity contribution in [1.29, 1.82) is 0 Å². The number of aromatic nitrogens is 3. The molecule has 2 aromatic carbocycles. The molecule has 0 aliphatic rings. The van der Waals surface area contributed by atoms with Gasteiger partial charge in [-0.1, -0.05) is 6.07 Å². The molecule has 0 aliphatic heterocycles. The van der Waals surface area contributed by atoms with Gasteiger partial charge in [0.2, 0.25) is 0 Å². The summed E-state index contributed by atoms with van der Waals surface area (Å²) in [6, 6.07) is 13.6. The van der Waals surface area contributed by atoms with Gasteiger partial charge >= 0.3 is 0 Å². The van der Waals surface area contributed by atoms with Crippen LogP contribution in [0.1, 0.15) is 38.9 Å². The molecule has 0 fully saturated rings. The largest absolute Gasteiger partial charge is 0.495 e. The molecule has 0 saturated heterocycles. The molecule has 0 bridgehead atoms. The first-order chi connectivity index (χ1) is 19.7. The van der Waals surface area contributed by atoms with Crippen molar-refractivity contribution in [2.45, 2.75) is 20.3 Å². The van der Waals surface area contributed by atoms with Gasteiger partial charge in [0, 0.05) is 41.7 Å². The minimum absolute atomic E-state index is 0.0980. The van der Waals surface area contributed by atoms with Crippen LogP contribution in [0.25, 0.3) is 16.7 Å². The molecule has 5 rings (SSSR count). The predicted molar refractivity (Wildman–Crippen MR) is 147 cm³/mol. The molecule has 0 unspecified atom stereocenters. The second-order valence-electron chi connectivity index (χ2n) is 9.25. The van der Waals surface area contributed by atoms with Crippen LogP contribution in [-0.2, 0) is 6.42 Å². The number of ether oxygens (including phenoxy) is 2. The van der Waals surface area contributed by atoms with E-state index in [0.29, 0.717) is 33.7 Å². The molecule has 0 spiro atoms. The molecule has 3 aromatic heterocycles. The third-order valence-electron chi connectivity index (χ3n) is 6.54. The first-order valence-corrected chi connectivity index (χ1v) is 12.5. The summed E-state index contributed by atoms with van der Waals surface area (Å²) >= 11 is 0. The first kappa shape index (κ1) is 27.3. The molecular weight excluding hydrogens is 532 g/mol. The number of methoxy groups -OCH3 is 1. The minimum Gasteiger partial charge on any atom is -0.495 e. The van der Waals surface area contributed by atoms with Gasteiger partial charge in [-0.3, -0.25) is 23.9 Å². The zero-order chi connectivity index (χ0) is 29.3. The lowest BCUT2D eigenvalue weighted by Gasteiger charge is -2.15. The predicted octanol–water partition coefficient (Wildman–Crippen LogP) is 5.80. The van der Waals surface area contributed by atoms with Crippen molar-refractivity contribution in [2.75, 3.05) is 7.11 Å². The molecule has 8 nitrogen and oxygen atoms in total. The zero-order valence-electron chi connectivity index (χ0n) is 22.3. The number of ketones is 2. The summed E-state index contributed by atoms with van der Waals surface area (Å²) in [6.07, 6.45) is 2.68. The second-order valence-corrected chi connectivity index (χ2v) is 9.25. The topological polar surface area (TPSA) is 100 Å². The highest BCUT2D eigenvalue weighted by molar-refractivity contribution is 6.01.